The molecule has 0 amide bonds. The molecule has 0 aromatic carbocycles. The molecule has 15 heavy (non-hydrogen) atoms. The van der Waals surface area contributed by atoms with Crippen molar-refractivity contribution in [2.45, 2.75) is 44.3 Å². The number of hydrogen-bond acceptors (Lipinski definition) is 2. The van der Waals surface area contributed by atoms with Crippen LogP contribution in [-0.2, 0) is 17.4 Å². The van der Waals surface area contributed by atoms with Crippen molar-refractivity contribution in [1.82, 2.24) is 9.78 Å². The molecular formula is C12H18N2O. The fraction of sp³-hybridized carbons (Fsp3) is 0.750. The van der Waals surface area contributed by atoms with Gasteiger partial charge in [-0.05, 0) is 31.2 Å². The highest BCUT2D eigenvalue weighted by Gasteiger charge is 2.61. The van der Waals surface area contributed by atoms with Crippen LogP contribution in [0.4, 0.5) is 0 Å². The van der Waals surface area contributed by atoms with E-state index in [-0.39, 0.29) is 5.60 Å². The van der Waals surface area contributed by atoms with Gasteiger partial charge in [-0.1, -0.05) is 13.3 Å². The van der Waals surface area contributed by atoms with E-state index >= 15 is 0 Å². The second kappa shape index (κ2) is 3.08. The maximum Gasteiger partial charge on any atom is 0.136 e. The van der Waals surface area contributed by atoms with Crippen molar-refractivity contribution in [2.75, 3.05) is 0 Å². The zero-order valence-electron chi connectivity index (χ0n) is 9.44. The molecule has 1 aromatic rings. The molecule has 3 rings (SSSR count). The molecule has 3 heteroatoms. The Kier molecular flexibility index (Phi) is 1.93. The van der Waals surface area contributed by atoms with Gasteiger partial charge in [-0.2, -0.15) is 5.10 Å². The quantitative estimate of drug-likeness (QED) is 0.695. The van der Waals surface area contributed by atoms with Crippen LogP contribution in [0.2, 0.25) is 0 Å². The standard InChI is InChI=1S/C12H18N2O/c1-3-9-4-6-12(11(8-9)15-12)10-5-7-13-14(10)2/h5,7,9,11H,3-4,6,8H2,1-2H3. The Bertz CT molecular complexity index is 373. The summed E-state index contributed by atoms with van der Waals surface area (Å²) >= 11 is 0. The highest BCUT2D eigenvalue weighted by molar-refractivity contribution is 5.23. The molecule has 2 fully saturated rings. The van der Waals surface area contributed by atoms with Crippen molar-refractivity contribution in [2.24, 2.45) is 13.0 Å². The maximum atomic E-state index is 5.96. The molecule has 1 aromatic heterocycles. The van der Waals surface area contributed by atoms with Gasteiger partial charge in [0.2, 0.25) is 0 Å². The van der Waals surface area contributed by atoms with Crippen LogP contribution in [0, 0.1) is 5.92 Å². The highest BCUT2D eigenvalue weighted by atomic mass is 16.6. The smallest absolute Gasteiger partial charge is 0.136 e. The molecule has 1 saturated heterocycles. The van der Waals surface area contributed by atoms with Gasteiger partial charge < -0.3 is 4.74 Å². The predicted molar refractivity (Wildman–Crippen MR) is 57.4 cm³/mol. The summed E-state index contributed by atoms with van der Waals surface area (Å²) in [6, 6.07) is 2.10. The third-order valence-corrected chi connectivity index (χ3v) is 4.12. The summed E-state index contributed by atoms with van der Waals surface area (Å²) in [6.45, 7) is 2.28. The van der Waals surface area contributed by atoms with Crippen LogP contribution in [0.3, 0.4) is 0 Å². The molecule has 2 aliphatic rings. The largest absolute Gasteiger partial charge is 0.359 e. The van der Waals surface area contributed by atoms with E-state index in [1.54, 1.807) is 0 Å². The molecule has 1 aliphatic heterocycles. The molecule has 1 saturated carbocycles. The summed E-state index contributed by atoms with van der Waals surface area (Å²) in [5, 5.41) is 4.24. The van der Waals surface area contributed by atoms with Crippen LogP contribution in [0.15, 0.2) is 12.3 Å². The number of fused-ring (bicyclic) bond motifs is 1. The van der Waals surface area contributed by atoms with Gasteiger partial charge in [0, 0.05) is 13.2 Å². The van der Waals surface area contributed by atoms with Crippen LogP contribution in [0.25, 0.3) is 0 Å². The monoisotopic (exact) mass is 206 g/mol. The normalized spacial score (nSPS) is 38.8. The van der Waals surface area contributed by atoms with Gasteiger partial charge in [0.25, 0.3) is 0 Å². The first-order valence-corrected chi connectivity index (χ1v) is 5.92. The van der Waals surface area contributed by atoms with Crippen molar-refractivity contribution >= 4 is 0 Å². The van der Waals surface area contributed by atoms with E-state index in [9.17, 15) is 0 Å². The van der Waals surface area contributed by atoms with E-state index in [4.69, 9.17) is 4.74 Å². The first-order chi connectivity index (χ1) is 7.26. The molecule has 3 nitrogen and oxygen atoms in total. The fourth-order valence-electron chi connectivity index (χ4n) is 3.03. The van der Waals surface area contributed by atoms with Gasteiger partial charge in [-0.15, -0.1) is 0 Å². The Morgan fingerprint density at radius 1 is 1.67 bits per heavy atom. The summed E-state index contributed by atoms with van der Waals surface area (Å²) in [5.74, 6) is 0.874. The average Bonchev–Trinajstić information content (AvgIpc) is 2.83. The van der Waals surface area contributed by atoms with Gasteiger partial charge >= 0.3 is 0 Å². The Morgan fingerprint density at radius 2 is 2.53 bits per heavy atom. The molecular weight excluding hydrogens is 188 g/mol. The van der Waals surface area contributed by atoms with Gasteiger partial charge in [0.05, 0.1) is 11.8 Å². The summed E-state index contributed by atoms with van der Waals surface area (Å²) in [7, 11) is 2.01. The van der Waals surface area contributed by atoms with Crippen molar-refractivity contribution in [1.29, 1.82) is 0 Å². The third-order valence-electron chi connectivity index (χ3n) is 4.12. The van der Waals surface area contributed by atoms with Crippen molar-refractivity contribution < 1.29 is 4.74 Å². The average molecular weight is 206 g/mol. The van der Waals surface area contributed by atoms with E-state index in [2.05, 4.69) is 18.1 Å². The summed E-state index contributed by atoms with van der Waals surface area (Å²) in [4.78, 5) is 0. The zero-order valence-corrected chi connectivity index (χ0v) is 9.44. The minimum Gasteiger partial charge on any atom is -0.359 e. The van der Waals surface area contributed by atoms with Crippen LogP contribution in [0.1, 0.15) is 38.3 Å². The van der Waals surface area contributed by atoms with E-state index in [0.717, 1.165) is 5.92 Å². The molecule has 2 heterocycles. The Morgan fingerprint density at radius 3 is 3.13 bits per heavy atom. The van der Waals surface area contributed by atoms with Crippen molar-refractivity contribution in [3.05, 3.63) is 18.0 Å². The van der Waals surface area contributed by atoms with Crippen LogP contribution >= 0.6 is 0 Å². The Labute approximate surface area is 90.4 Å². The minimum absolute atomic E-state index is 0.0386. The number of aromatic nitrogens is 2. The molecule has 0 spiro atoms. The number of hydrogen-bond donors (Lipinski definition) is 0. The van der Waals surface area contributed by atoms with E-state index < -0.39 is 0 Å². The van der Waals surface area contributed by atoms with E-state index in [1.165, 1.54) is 31.4 Å². The lowest BCUT2D eigenvalue weighted by molar-refractivity contribution is 0.270. The summed E-state index contributed by atoms with van der Waals surface area (Å²) < 4.78 is 7.93. The first-order valence-electron chi connectivity index (χ1n) is 5.92. The lowest BCUT2D eigenvalue weighted by Gasteiger charge is -2.23. The number of ether oxygens (including phenoxy) is 1. The van der Waals surface area contributed by atoms with E-state index in [1.807, 2.05) is 17.9 Å². The first kappa shape index (κ1) is 9.40. The van der Waals surface area contributed by atoms with Gasteiger partial charge in [0.15, 0.2) is 0 Å². The third kappa shape index (κ3) is 1.26. The molecule has 82 valence electrons. The Hall–Kier alpha value is -0.830. The van der Waals surface area contributed by atoms with E-state index in [0.29, 0.717) is 6.10 Å². The zero-order chi connectivity index (χ0) is 10.5. The number of rotatable bonds is 2. The number of epoxide rings is 1. The number of nitrogens with zero attached hydrogens (tertiary/aromatic N) is 2. The summed E-state index contributed by atoms with van der Waals surface area (Å²) in [5.41, 5.74) is 1.30. The van der Waals surface area contributed by atoms with Crippen LogP contribution < -0.4 is 0 Å². The highest BCUT2D eigenvalue weighted by Crippen LogP contribution is 2.56. The van der Waals surface area contributed by atoms with Crippen molar-refractivity contribution in [3.8, 4) is 0 Å². The van der Waals surface area contributed by atoms with Gasteiger partial charge in [0.1, 0.15) is 5.60 Å². The molecule has 0 bridgehead atoms. The lowest BCUT2D eigenvalue weighted by Crippen LogP contribution is -2.24. The molecule has 0 N–H and O–H groups in total. The predicted octanol–water partition coefficient (Wildman–Crippen LogP) is 2.22. The van der Waals surface area contributed by atoms with Crippen LogP contribution in [0.5, 0.6) is 0 Å². The molecule has 0 radical (unpaired) electrons. The van der Waals surface area contributed by atoms with Gasteiger partial charge in [-0.25, -0.2) is 0 Å². The second-order valence-corrected chi connectivity index (χ2v) is 4.88. The fourth-order valence-corrected chi connectivity index (χ4v) is 3.03. The molecule has 1 aliphatic carbocycles. The summed E-state index contributed by atoms with van der Waals surface area (Å²) in [6.07, 6.45) is 7.35. The lowest BCUT2D eigenvalue weighted by atomic mass is 9.79. The van der Waals surface area contributed by atoms with Crippen molar-refractivity contribution in [3.63, 3.8) is 0 Å². The molecule has 3 atom stereocenters. The van der Waals surface area contributed by atoms with Gasteiger partial charge in [-0.3, -0.25) is 4.68 Å². The topological polar surface area (TPSA) is 30.4 Å². The maximum absolute atomic E-state index is 5.96. The second-order valence-electron chi connectivity index (χ2n) is 4.88. The number of aryl methyl sites for hydroxylation is 1. The molecule has 3 unspecified atom stereocenters. The SMILES string of the molecule is CCC1CCC2(c3ccnn3C)OC2C1. The van der Waals surface area contributed by atoms with Crippen LogP contribution in [-0.4, -0.2) is 15.9 Å². The Balaban J connectivity index is 1.83. The minimum atomic E-state index is 0.0386.